The highest BCUT2D eigenvalue weighted by atomic mass is 35.5. The first-order chi connectivity index (χ1) is 16.1. The third-order valence-electron chi connectivity index (χ3n) is 4.86. The Balaban J connectivity index is 0.000000618. The van der Waals surface area contributed by atoms with Crippen LogP contribution in [-0.4, -0.2) is 31.1 Å². The maximum absolute atomic E-state index is 11.5. The molecule has 0 amide bonds. The lowest BCUT2D eigenvalue weighted by atomic mass is 10.1. The summed E-state index contributed by atoms with van der Waals surface area (Å²) in [6.45, 7) is 15.4. The molecule has 8 heteroatoms. The Morgan fingerprint density at radius 1 is 1.03 bits per heavy atom. The number of benzene rings is 2. The number of hydrogen-bond donors (Lipinski definition) is 1. The SMILES string of the molecule is CC.CC.CC(C)S(=O)(=O)N1CCCC1.Cc1cc(NCc2cc(Cl)ccc2Cl)ccc1C#N. The highest BCUT2D eigenvalue weighted by Gasteiger charge is 2.27. The van der Waals surface area contributed by atoms with Crippen LogP contribution in [0, 0.1) is 18.3 Å². The Labute approximate surface area is 217 Å². The van der Waals surface area contributed by atoms with E-state index in [-0.39, 0.29) is 5.25 Å². The summed E-state index contributed by atoms with van der Waals surface area (Å²) in [5.41, 5.74) is 3.53. The number of rotatable bonds is 5. The minimum atomic E-state index is -2.94. The zero-order chi connectivity index (χ0) is 26.3. The van der Waals surface area contributed by atoms with Gasteiger partial charge >= 0.3 is 0 Å². The first-order valence-electron chi connectivity index (χ1n) is 11.8. The van der Waals surface area contributed by atoms with E-state index in [1.54, 1.807) is 36.4 Å². The molecule has 1 saturated heterocycles. The Hall–Kier alpha value is -1.78. The molecule has 190 valence electrons. The average Bonchev–Trinajstić information content (AvgIpc) is 3.39. The second-order valence-corrected chi connectivity index (χ2v) is 10.8. The molecule has 0 saturated carbocycles. The van der Waals surface area contributed by atoms with E-state index in [0.29, 0.717) is 22.2 Å². The van der Waals surface area contributed by atoms with Gasteiger partial charge in [-0.15, -0.1) is 0 Å². The molecule has 0 aromatic heterocycles. The van der Waals surface area contributed by atoms with Crippen LogP contribution in [0.5, 0.6) is 0 Å². The third kappa shape index (κ3) is 10.2. The fourth-order valence-corrected chi connectivity index (χ4v) is 4.76. The standard InChI is InChI=1S/C15H12Cl2N2.C7H15NO2S.2C2H6/c1-10-6-14(4-2-11(10)8-18)19-9-12-7-13(16)3-5-15(12)17;1-7(2)11(9,10)8-5-3-4-6-8;2*1-2/h2-7,19H,9H2,1H3;7H,3-6H2,1-2H3;2*1-2H3. The number of nitrogens with zero attached hydrogens (tertiary/aromatic N) is 2. The Bertz CT molecular complexity index is 1010. The first-order valence-corrected chi connectivity index (χ1v) is 14.1. The monoisotopic (exact) mass is 527 g/mol. The van der Waals surface area contributed by atoms with E-state index in [9.17, 15) is 8.42 Å². The van der Waals surface area contributed by atoms with E-state index in [0.717, 1.165) is 42.7 Å². The molecular formula is C26H39Cl2N3O2S. The number of halogens is 2. The number of nitriles is 1. The molecule has 1 aliphatic heterocycles. The fourth-order valence-electron chi connectivity index (χ4n) is 3.02. The molecule has 5 nitrogen and oxygen atoms in total. The van der Waals surface area contributed by atoms with Gasteiger partial charge in [0.25, 0.3) is 0 Å². The molecule has 1 heterocycles. The number of anilines is 1. The molecule has 1 fully saturated rings. The van der Waals surface area contributed by atoms with Crippen molar-refractivity contribution in [2.75, 3.05) is 18.4 Å². The van der Waals surface area contributed by atoms with Gasteiger partial charge in [0.05, 0.1) is 16.9 Å². The van der Waals surface area contributed by atoms with Crippen molar-refractivity contribution >= 4 is 38.9 Å². The summed E-state index contributed by atoms with van der Waals surface area (Å²) in [4.78, 5) is 0. The normalized spacial score (nSPS) is 12.9. The van der Waals surface area contributed by atoms with Crippen molar-refractivity contribution in [3.8, 4) is 6.07 Å². The van der Waals surface area contributed by atoms with Crippen molar-refractivity contribution in [1.82, 2.24) is 4.31 Å². The predicted octanol–water partition coefficient (Wildman–Crippen LogP) is 7.66. The quantitative estimate of drug-likeness (QED) is 0.432. The highest BCUT2D eigenvalue weighted by molar-refractivity contribution is 7.89. The molecule has 1 aliphatic rings. The van der Waals surface area contributed by atoms with E-state index >= 15 is 0 Å². The van der Waals surface area contributed by atoms with Crippen LogP contribution in [0.1, 0.15) is 71.1 Å². The second kappa shape index (κ2) is 16.8. The molecule has 2 aromatic rings. The van der Waals surface area contributed by atoms with Crippen LogP contribution < -0.4 is 5.32 Å². The van der Waals surface area contributed by atoms with Crippen LogP contribution in [0.3, 0.4) is 0 Å². The Morgan fingerprint density at radius 3 is 2.12 bits per heavy atom. The van der Waals surface area contributed by atoms with Gasteiger partial charge in [0.2, 0.25) is 10.0 Å². The zero-order valence-electron chi connectivity index (χ0n) is 21.5. The van der Waals surface area contributed by atoms with E-state index in [4.69, 9.17) is 28.5 Å². The molecule has 0 aliphatic carbocycles. The van der Waals surface area contributed by atoms with Crippen LogP contribution in [-0.2, 0) is 16.6 Å². The van der Waals surface area contributed by atoms with Crippen LogP contribution in [0.25, 0.3) is 0 Å². The van der Waals surface area contributed by atoms with Gasteiger partial charge in [0.15, 0.2) is 0 Å². The molecule has 0 atom stereocenters. The maximum atomic E-state index is 11.5. The number of aryl methyl sites for hydroxylation is 1. The lowest BCUT2D eigenvalue weighted by molar-refractivity contribution is 0.470. The molecule has 0 spiro atoms. The summed E-state index contributed by atoms with van der Waals surface area (Å²) < 4.78 is 24.5. The fraction of sp³-hybridized carbons (Fsp3) is 0.500. The summed E-state index contributed by atoms with van der Waals surface area (Å²) in [6.07, 6.45) is 2.04. The van der Waals surface area contributed by atoms with Gasteiger partial charge in [-0.05, 0) is 81.1 Å². The number of hydrogen-bond acceptors (Lipinski definition) is 4. The van der Waals surface area contributed by atoms with Gasteiger partial charge in [-0.2, -0.15) is 5.26 Å². The third-order valence-corrected chi connectivity index (χ3v) is 7.74. The van der Waals surface area contributed by atoms with Crippen molar-refractivity contribution in [2.45, 2.75) is 73.1 Å². The molecular weight excluding hydrogens is 489 g/mol. The van der Waals surface area contributed by atoms with Crippen LogP contribution in [0.15, 0.2) is 36.4 Å². The van der Waals surface area contributed by atoms with Gasteiger partial charge in [0.1, 0.15) is 0 Å². The van der Waals surface area contributed by atoms with Gasteiger partial charge in [-0.1, -0.05) is 50.9 Å². The summed E-state index contributed by atoms with van der Waals surface area (Å²) in [6, 6.07) is 13.2. The van der Waals surface area contributed by atoms with Gasteiger partial charge < -0.3 is 5.32 Å². The van der Waals surface area contributed by atoms with Crippen LogP contribution >= 0.6 is 23.2 Å². The summed E-state index contributed by atoms with van der Waals surface area (Å²) in [7, 11) is -2.94. The molecule has 2 aromatic carbocycles. The molecule has 0 radical (unpaired) electrons. The molecule has 3 rings (SSSR count). The Kier molecular flexibility index (Phi) is 15.9. The van der Waals surface area contributed by atoms with Crippen LogP contribution in [0.4, 0.5) is 5.69 Å². The molecule has 0 bridgehead atoms. The van der Waals surface area contributed by atoms with Crippen LogP contribution in [0.2, 0.25) is 10.0 Å². The summed E-state index contributed by atoms with van der Waals surface area (Å²) >= 11 is 12.0. The lowest BCUT2D eigenvalue weighted by Crippen LogP contribution is -2.33. The predicted molar refractivity (Wildman–Crippen MR) is 147 cm³/mol. The highest BCUT2D eigenvalue weighted by Crippen LogP contribution is 2.22. The van der Waals surface area contributed by atoms with Crippen molar-refractivity contribution in [1.29, 1.82) is 5.26 Å². The number of nitrogens with one attached hydrogen (secondary N) is 1. The summed E-state index contributed by atoms with van der Waals surface area (Å²) in [5.74, 6) is 0. The van der Waals surface area contributed by atoms with Crippen molar-refractivity contribution in [3.05, 3.63) is 63.1 Å². The van der Waals surface area contributed by atoms with Gasteiger partial charge in [0, 0.05) is 35.4 Å². The minimum absolute atomic E-state index is 0.263. The smallest absolute Gasteiger partial charge is 0.216 e. The molecule has 1 N–H and O–H groups in total. The topological polar surface area (TPSA) is 73.2 Å². The van der Waals surface area contributed by atoms with Gasteiger partial charge in [-0.25, -0.2) is 12.7 Å². The van der Waals surface area contributed by atoms with Crippen molar-refractivity contribution in [2.24, 2.45) is 0 Å². The maximum Gasteiger partial charge on any atom is 0.216 e. The first kappa shape index (κ1) is 32.2. The largest absolute Gasteiger partial charge is 0.381 e. The zero-order valence-corrected chi connectivity index (χ0v) is 23.8. The number of sulfonamides is 1. The second-order valence-electron chi connectivity index (χ2n) is 7.43. The Morgan fingerprint density at radius 2 is 1.62 bits per heavy atom. The van der Waals surface area contributed by atoms with E-state index < -0.39 is 10.0 Å². The van der Waals surface area contributed by atoms with Crippen molar-refractivity contribution < 1.29 is 8.42 Å². The average molecular weight is 529 g/mol. The molecule has 34 heavy (non-hydrogen) atoms. The van der Waals surface area contributed by atoms with E-state index in [1.807, 2.05) is 52.8 Å². The molecule has 0 unspecified atom stereocenters. The van der Waals surface area contributed by atoms with E-state index in [2.05, 4.69) is 11.4 Å². The van der Waals surface area contributed by atoms with E-state index in [1.165, 1.54) is 0 Å². The lowest BCUT2D eigenvalue weighted by Gasteiger charge is -2.17. The summed E-state index contributed by atoms with van der Waals surface area (Å²) in [5, 5.41) is 13.2. The minimum Gasteiger partial charge on any atom is -0.381 e. The van der Waals surface area contributed by atoms with Gasteiger partial charge in [-0.3, -0.25) is 0 Å². The van der Waals surface area contributed by atoms with Crippen molar-refractivity contribution in [3.63, 3.8) is 0 Å².